The second-order valence-corrected chi connectivity index (χ2v) is 8.65. The van der Waals surface area contributed by atoms with Crippen LogP contribution in [0.15, 0.2) is 59.2 Å². The maximum absolute atomic E-state index is 12.7. The van der Waals surface area contributed by atoms with Crippen LogP contribution in [0.1, 0.15) is 44.0 Å². The minimum absolute atomic E-state index is 0.258. The summed E-state index contributed by atoms with van der Waals surface area (Å²) in [6.45, 7) is 5.88. The number of hydrogen-bond acceptors (Lipinski definition) is 7. The maximum atomic E-state index is 12.7. The Kier molecular flexibility index (Phi) is 6.23. The Balaban J connectivity index is 1.74. The molecule has 8 heteroatoms. The standard InChI is InChI=1S/C24H24N4O3S/c1-14-12-15(2)26-24(25-14)27-21(17-7-9-18(30-4)10-8-17)19-13-16(3)32-23(19)28-22(29)20-6-5-11-31-20/h5-13,21H,1-4H3,(H,28,29)(H,25,26,27)/t21-/m1/s1. The third-order valence-electron chi connectivity index (χ3n) is 4.87. The van der Waals surface area contributed by atoms with E-state index in [4.69, 9.17) is 9.15 Å². The summed E-state index contributed by atoms with van der Waals surface area (Å²) in [5.74, 6) is 1.25. The van der Waals surface area contributed by atoms with Gasteiger partial charge in [0, 0.05) is 21.8 Å². The summed E-state index contributed by atoms with van der Waals surface area (Å²) in [6, 6.07) is 14.8. The van der Waals surface area contributed by atoms with Crippen LogP contribution in [0.5, 0.6) is 5.75 Å². The molecule has 1 amide bonds. The van der Waals surface area contributed by atoms with Crippen LogP contribution in [-0.2, 0) is 0 Å². The number of nitrogens with zero attached hydrogens (tertiary/aromatic N) is 2. The highest BCUT2D eigenvalue weighted by atomic mass is 32.1. The van der Waals surface area contributed by atoms with E-state index in [0.29, 0.717) is 5.95 Å². The number of benzene rings is 1. The SMILES string of the molecule is COc1ccc([C@@H](Nc2nc(C)cc(C)n2)c2cc(C)sc2NC(=O)c2ccco2)cc1. The minimum atomic E-state index is -0.297. The Hall–Kier alpha value is -3.65. The summed E-state index contributed by atoms with van der Waals surface area (Å²) in [5, 5.41) is 7.19. The zero-order chi connectivity index (χ0) is 22.7. The fraction of sp³-hybridized carbons (Fsp3) is 0.208. The molecular formula is C24H24N4O3S. The number of ether oxygens (including phenoxy) is 1. The Bertz CT molecular complexity index is 1200. The van der Waals surface area contributed by atoms with Gasteiger partial charge in [-0.05, 0) is 62.7 Å². The number of thiophene rings is 1. The monoisotopic (exact) mass is 448 g/mol. The molecule has 0 saturated heterocycles. The van der Waals surface area contributed by atoms with Gasteiger partial charge in [-0.25, -0.2) is 9.97 Å². The summed E-state index contributed by atoms with van der Waals surface area (Å²) in [5.41, 5.74) is 3.66. The number of nitrogens with one attached hydrogen (secondary N) is 2. The highest BCUT2D eigenvalue weighted by molar-refractivity contribution is 7.16. The first-order valence-electron chi connectivity index (χ1n) is 10.1. The lowest BCUT2D eigenvalue weighted by atomic mass is 10.00. The normalized spacial score (nSPS) is 11.8. The third kappa shape index (κ3) is 4.81. The van der Waals surface area contributed by atoms with Crippen LogP contribution in [0.3, 0.4) is 0 Å². The van der Waals surface area contributed by atoms with Crippen LogP contribution < -0.4 is 15.4 Å². The molecule has 0 unspecified atom stereocenters. The van der Waals surface area contributed by atoms with Crippen LogP contribution >= 0.6 is 11.3 Å². The van der Waals surface area contributed by atoms with Gasteiger partial charge in [-0.2, -0.15) is 0 Å². The number of carbonyl (C=O) groups is 1. The number of rotatable bonds is 7. The van der Waals surface area contributed by atoms with Crippen molar-refractivity contribution in [2.24, 2.45) is 0 Å². The lowest BCUT2D eigenvalue weighted by Crippen LogP contribution is -2.17. The Morgan fingerprint density at radius 1 is 1.06 bits per heavy atom. The molecular weight excluding hydrogens is 424 g/mol. The molecule has 4 rings (SSSR count). The van der Waals surface area contributed by atoms with Gasteiger partial charge in [0.15, 0.2) is 5.76 Å². The van der Waals surface area contributed by atoms with Crippen molar-refractivity contribution in [3.05, 3.63) is 87.9 Å². The van der Waals surface area contributed by atoms with E-state index < -0.39 is 0 Å². The molecule has 0 bridgehead atoms. The zero-order valence-electron chi connectivity index (χ0n) is 18.3. The molecule has 4 aromatic rings. The van der Waals surface area contributed by atoms with Gasteiger partial charge in [0.1, 0.15) is 10.8 Å². The van der Waals surface area contributed by atoms with Gasteiger partial charge in [0.2, 0.25) is 5.95 Å². The lowest BCUT2D eigenvalue weighted by molar-refractivity contribution is 0.0997. The summed E-state index contributed by atoms with van der Waals surface area (Å²) < 4.78 is 10.6. The van der Waals surface area contributed by atoms with Crippen molar-refractivity contribution in [1.82, 2.24) is 9.97 Å². The van der Waals surface area contributed by atoms with Gasteiger partial charge in [-0.15, -0.1) is 11.3 Å². The molecule has 164 valence electrons. The van der Waals surface area contributed by atoms with Gasteiger partial charge in [-0.3, -0.25) is 4.79 Å². The maximum Gasteiger partial charge on any atom is 0.291 e. The highest BCUT2D eigenvalue weighted by Crippen LogP contribution is 2.38. The molecule has 0 fully saturated rings. The largest absolute Gasteiger partial charge is 0.497 e. The second-order valence-electron chi connectivity index (χ2n) is 7.40. The van der Waals surface area contributed by atoms with Crippen molar-refractivity contribution in [3.63, 3.8) is 0 Å². The van der Waals surface area contributed by atoms with E-state index in [9.17, 15) is 4.79 Å². The Morgan fingerprint density at radius 2 is 1.78 bits per heavy atom. The molecule has 1 aromatic carbocycles. The second kappa shape index (κ2) is 9.23. The Morgan fingerprint density at radius 3 is 2.41 bits per heavy atom. The predicted octanol–water partition coefficient (Wildman–Crippen LogP) is 5.52. The lowest BCUT2D eigenvalue weighted by Gasteiger charge is -2.21. The van der Waals surface area contributed by atoms with Crippen molar-refractivity contribution < 1.29 is 13.9 Å². The molecule has 2 N–H and O–H groups in total. The molecule has 32 heavy (non-hydrogen) atoms. The van der Waals surface area contributed by atoms with Gasteiger partial charge in [0.05, 0.1) is 19.4 Å². The molecule has 0 radical (unpaired) electrons. The molecule has 1 atom stereocenters. The predicted molar refractivity (Wildman–Crippen MR) is 126 cm³/mol. The molecule has 3 aromatic heterocycles. The molecule has 0 aliphatic heterocycles. The summed E-state index contributed by atoms with van der Waals surface area (Å²) >= 11 is 1.51. The first-order chi connectivity index (χ1) is 15.4. The van der Waals surface area contributed by atoms with Gasteiger partial charge < -0.3 is 19.8 Å². The van der Waals surface area contributed by atoms with Gasteiger partial charge in [0.25, 0.3) is 5.91 Å². The molecule has 0 aliphatic carbocycles. The first-order valence-corrected chi connectivity index (χ1v) is 10.9. The fourth-order valence-corrected chi connectivity index (χ4v) is 4.42. The number of methoxy groups -OCH3 is 1. The van der Waals surface area contributed by atoms with Crippen LogP contribution in [0, 0.1) is 20.8 Å². The van der Waals surface area contributed by atoms with Crippen molar-refractivity contribution in [3.8, 4) is 5.75 Å². The number of hydrogen-bond donors (Lipinski definition) is 2. The van der Waals surface area contributed by atoms with Gasteiger partial charge >= 0.3 is 0 Å². The van der Waals surface area contributed by atoms with E-state index in [1.54, 1.807) is 19.2 Å². The number of carbonyl (C=O) groups excluding carboxylic acids is 1. The summed E-state index contributed by atoms with van der Waals surface area (Å²) in [6.07, 6.45) is 1.48. The molecule has 7 nitrogen and oxygen atoms in total. The fourth-order valence-electron chi connectivity index (χ4n) is 3.48. The average molecular weight is 449 g/mol. The number of amides is 1. The number of aromatic nitrogens is 2. The van der Waals surface area contributed by atoms with E-state index in [0.717, 1.165) is 38.1 Å². The Labute approximate surface area is 190 Å². The van der Waals surface area contributed by atoms with Crippen LogP contribution in [-0.4, -0.2) is 23.0 Å². The van der Waals surface area contributed by atoms with Crippen LogP contribution in [0.4, 0.5) is 10.9 Å². The van der Waals surface area contributed by atoms with E-state index in [2.05, 4.69) is 26.7 Å². The number of anilines is 2. The molecule has 0 spiro atoms. The average Bonchev–Trinajstić information content (AvgIpc) is 3.41. The van der Waals surface area contributed by atoms with Crippen molar-refractivity contribution >= 4 is 28.2 Å². The van der Waals surface area contributed by atoms with E-state index in [1.165, 1.54) is 17.6 Å². The summed E-state index contributed by atoms with van der Waals surface area (Å²) in [4.78, 5) is 22.8. The minimum Gasteiger partial charge on any atom is -0.497 e. The topological polar surface area (TPSA) is 89.3 Å². The molecule has 3 heterocycles. The molecule has 0 saturated carbocycles. The number of furan rings is 1. The van der Waals surface area contributed by atoms with E-state index in [1.807, 2.05) is 51.1 Å². The van der Waals surface area contributed by atoms with E-state index >= 15 is 0 Å². The van der Waals surface area contributed by atoms with Crippen molar-refractivity contribution in [1.29, 1.82) is 0 Å². The van der Waals surface area contributed by atoms with Crippen molar-refractivity contribution in [2.75, 3.05) is 17.7 Å². The van der Waals surface area contributed by atoms with Crippen LogP contribution in [0.2, 0.25) is 0 Å². The highest BCUT2D eigenvalue weighted by Gasteiger charge is 2.23. The van der Waals surface area contributed by atoms with E-state index in [-0.39, 0.29) is 17.7 Å². The van der Waals surface area contributed by atoms with Crippen molar-refractivity contribution in [2.45, 2.75) is 26.8 Å². The zero-order valence-corrected chi connectivity index (χ0v) is 19.1. The quantitative estimate of drug-likeness (QED) is 0.387. The van der Waals surface area contributed by atoms with Gasteiger partial charge in [-0.1, -0.05) is 12.1 Å². The molecule has 0 aliphatic rings. The smallest absolute Gasteiger partial charge is 0.291 e. The van der Waals surface area contributed by atoms with Crippen LogP contribution in [0.25, 0.3) is 0 Å². The third-order valence-corrected chi connectivity index (χ3v) is 5.85. The number of aryl methyl sites for hydroxylation is 3. The first kappa shape index (κ1) is 21.6. The summed E-state index contributed by atoms with van der Waals surface area (Å²) in [7, 11) is 1.64.